The fraction of sp³-hybridized carbons (Fsp3) is 0.571. The summed E-state index contributed by atoms with van der Waals surface area (Å²) in [7, 11) is 1.34. The van der Waals surface area contributed by atoms with E-state index in [0.29, 0.717) is 0 Å². The zero-order valence-electron chi connectivity index (χ0n) is 6.01. The van der Waals surface area contributed by atoms with Crippen molar-refractivity contribution in [1.29, 1.82) is 0 Å². The zero-order chi connectivity index (χ0) is 6.81. The standard InChI is InChI=1S/C7H11BN2/c1-2-6(8-4-1)7-3-5-9-10-7/h3,5-6,8H,1-2,4H2,(H,9,10). The van der Waals surface area contributed by atoms with Crippen LogP contribution >= 0.6 is 0 Å². The van der Waals surface area contributed by atoms with E-state index in [9.17, 15) is 0 Å². The van der Waals surface area contributed by atoms with Crippen LogP contribution in [0.15, 0.2) is 12.3 Å². The van der Waals surface area contributed by atoms with Gasteiger partial charge in [-0.05, 0) is 11.9 Å². The Kier molecular flexibility index (Phi) is 1.49. The van der Waals surface area contributed by atoms with Crippen LogP contribution in [0.1, 0.15) is 24.4 Å². The maximum atomic E-state index is 4.17. The van der Waals surface area contributed by atoms with Crippen LogP contribution < -0.4 is 0 Å². The first-order valence-corrected chi connectivity index (χ1v) is 3.96. The van der Waals surface area contributed by atoms with E-state index in [0.717, 1.165) is 5.82 Å². The molecule has 1 saturated heterocycles. The molecule has 52 valence electrons. The number of aromatic amines is 1. The van der Waals surface area contributed by atoms with Crippen LogP contribution in [0.3, 0.4) is 0 Å². The molecule has 0 radical (unpaired) electrons. The molecule has 0 bridgehead atoms. The van der Waals surface area contributed by atoms with Gasteiger partial charge >= 0.3 is 0 Å². The van der Waals surface area contributed by atoms with Crippen LogP contribution in [0.25, 0.3) is 0 Å². The van der Waals surface area contributed by atoms with E-state index in [1.165, 1.54) is 32.1 Å². The van der Waals surface area contributed by atoms with E-state index in [1.807, 2.05) is 6.20 Å². The van der Waals surface area contributed by atoms with Gasteiger partial charge in [0.05, 0.1) is 5.69 Å². The van der Waals surface area contributed by atoms with Gasteiger partial charge < -0.3 is 0 Å². The number of H-pyrrole nitrogens is 1. The monoisotopic (exact) mass is 134 g/mol. The van der Waals surface area contributed by atoms with Crippen LogP contribution in [0.5, 0.6) is 0 Å². The van der Waals surface area contributed by atoms with Crippen LogP contribution in [0, 0.1) is 0 Å². The van der Waals surface area contributed by atoms with E-state index >= 15 is 0 Å². The lowest BCUT2D eigenvalue weighted by atomic mass is 9.66. The molecule has 1 N–H and O–H groups in total. The van der Waals surface area contributed by atoms with E-state index < -0.39 is 0 Å². The summed E-state index contributed by atoms with van der Waals surface area (Å²) in [5, 5.41) is 7.03. The Morgan fingerprint density at radius 2 is 2.70 bits per heavy atom. The lowest BCUT2D eigenvalue weighted by molar-refractivity contribution is 0.793. The Bertz CT molecular complexity index is 189. The second kappa shape index (κ2) is 2.49. The topological polar surface area (TPSA) is 28.7 Å². The molecule has 3 heteroatoms. The molecule has 2 rings (SSSR count). The molecule has 2 heterocycles. The van der Waals surface area contributed by atoms with Gasteiger partial charge in [-0.15, -0.1) is 0 Å². The van der Waals surface area contributed by atoms with Crippen molar-refractivity contribution in [3.8, 4) is 0 Å². The van der Waals surface area contributed by atoms with Gasteiger partial charge in [0.1, 0.15) is 7.28 Å². The van der Waals surface area contributed by atoms with Crippen LogP contribution in [0.4, 0.5) is 0 Å². The van der Waals surface area contributed by atoms with Gasteiger partial charge in [0.2, 0.25) is 0 Å². The predicted molar refractivity (Wildman–Crippen MR) is 42.5 cm³/mol. The molecule has 10 heavy (non-hydrogen) atoms. The second-order valence-electron chi connectivity index (χ2n) is 2.98. The summed E-state index contributed by atoms with van der Waals surface area (Å²) in [4.78, 5) is 0. The molecule has 1 aliphatic heterocycles. The molecule has 1 fully saturated rings. The van der Waals surface area contributed by atoms with Crippen molar-refractivity contribution in [1.82, 2.24) is 10.2 Å². The van der Waals surface area contributed by atoms with Crippen molar-refractivity contribution in [3.63, 3.8) is 0 Å². The maximum Gasteiger partial charge on any atom is 0.131 e. The maximum absolute atomic E-state index is 4.17. The Hall–Kier alpha value is -0.725. The van der Waals surface area contributed by atoms with Crippen molar-refractivity contribution in [2.24, 2.45) is 0 Å². The fourth-order valence-electron chi connectivity index (χ4n) is 1.72. The summed E-state index contributed by atoms with van der Waals surface area (Å²) < 4.78 is 0. The lowest BCUT2D eigenvalue weighted by Gasteiger charge is -2.00. The third-order valence-corrected chi connectivity index (χ3v) is 2.30. The molecule has 1 aliphatic rings. The van der Waals surface area contributed by atoms with E-state index in [4.69, 9.17) is 0 Å². The Labute approximate surface area is 61.3 Å². The Balaban J connectivity index is 2.12. The average molecular weight is 134 g/mol. The largest absolute Gasteiger partial charge is 0.285 e. The smallest absolute Gasteiger partial charge is 0.131 e. The minimum atomic E-state index is 0.756. The minimum absolute atomic E-state index is 0.756. The van der Waals surface area contributed by atoms with Crippen LogP contribution in [0.2, 0.25) is 6.32 Å². The third-order valence-electron chi connectivity index (χ3n) is 2.30. The SMILES string of the molecule is B1CCCC1c1cc[nH]n1. The van der Waals surface area contributed by atoms with Crippen LogP contribution in [-0.2, 0) is 0 Å². The summed E-state index contributed by atoms with van der Waals surface area (Å²) in [6, 6.07) is 2.09. The van der Waals surface area contributed by atoms with E-state index in [1.54, 1.807) is 0 Å². The Morgan fingerprint density at radius 1 is 1.70 bits per heavy atom. The second-order valence-corrected chi connectivity index (χ2v) is 2.98. The first-order valence-electron chi connectivity index (χ1n) is 3.96. The van der Waals surface area contributed by atoms with Gasteiger partial charge in [0.15, 0.2) is 0 Å². The van der Waals surface area contributed by atoms with Gasteiger partial charge in [-0.1, -0.05) is 19.2 Å². The number of aromatic nitrogens is 2. The first kappa shape index (κ1) is 6.02. The van der Waals surface area contributed by atoms with Crippen molar-refractivity contribution >= 4 is 7.28 Å². The molecule has 1 aromatic rings. The normalized spacial score (nSPS) is 24.6. The average Bonchev–Trinajstić information content (AvgIpc) is 2.59. The molecule has 0 saturated carbocycles. The van der Waals surface area contributed by atoms with E-state index in [2.05, 4.69) is 16.3 Å². The lowest BCUT2D eigenvalue weighted by Crippen LogP contribution is -1.99. The van der Waals surface area contributed by atoms with Gasteiger partial charge in [-0.3, -0.25) is 5.10 Å². The summed E-state index contributed by atoms with van der Waals surface area (Å²) in [6.45, 7) is 0. The number of nitrogens with zero attached hydrogens (tertiary/aromatic N) is 1. The Morgan fingerprint density at radius 3 is 3.30 bits per heavy atom. The summed E-state index contributed by atoms with van der Waals surface area (Å²) >= 11 is 0. The first-order chi connectivity index (χ1) is 4.97. The van der Waals surface area contributed by atoms with Crippen LogP contribution in [-0.4, -0.2) is 17.5 Å². The summed E-state index contributed by atoms with van der Waals surface area (Å²) in [5.41, 5.74) is 1.26. The molecule has 0 aromatic carbocycles. The molecular formula is C7H11BN2. The molecule has 1 unspecified atom stereocenters. The molecule has 2 nitrogen and oxygen atoms in total. The quantitative estimate of drug-likeness (QED) is 0.572. The molecule has 0 spiro atoms. The molecular weight excluding hydrogens is 123 g/mol. The highest BCUT2D eigenvalue weighted by Gasteiger charge is 2.19. The molecule has 1 atom stereocenters. The highest BCUT2D eigenvalue weighted by molar-refractivity contribution is 6.38. The highest BCUT2D eigenvalue weighted by Crippen LogP contribution is 2.26. The molecule has 0 aliphatic carbocycles. The molecule has 1 aromatic heterocycles. The number of hydrogen-bond acceptors (Lipinski definition) is 1. The van der Waals surface area contributed by atoms with Gasteiger partial charge in [0, 0.05) is 6.20 Å². The van der Waals surface area contributed by atoms with Crippen molar-refractivity contribution < 1.29 is 0 Å². The fourth-order valence-corrected chi connectivity index (χ4v) is 1.72. The number of nitrogens with one attached hydrogen (secondary N) is 1. The predicted octanol–water partition coefficient (Wildman–Crippen LogP) is 1.10. The van der Waals surface area contributed by atoms with Crippen molar-refractivity contribution in [3.05, 3.63) is 18.0 Å². The van der Waals surface area contributed by atoms with Gasteiger partial charge in [-0.2, -0.15) is 5.10 Å². The van der Waals surface area contributed by atoms with E-state index in [-0.39, 0.29) is 0 Å². The third kappa shape index (κ3) is 0.960. The van der Waals surface area contributed by atoms with Gasteiger partial charge in [-0.25, -0.2) is 0 Å². The molecule has 0 amide bonds. The minimum Gasteiger partial charge on any atom is -0.285 e. The number of hydrogen-bond donors (Lipinski definition) is 1. The summed E-state index contributed by atoms with van der Waals surface area (Å²) in [5.74, 6) is 0.756. The van der Waals surface area contributed by atoms with Crippen molar-refractivity contribution in [2.45, 2.75) is 25.0 Å². The number of rotatable bonds is 1. The highest BCUT2D eigenvalue weighted by atomic mass is 15.1. The summed E-state index contributed by atoms with van der Waals surface area (Å²) in [6.07, 6.45) is 6.02. The van der Waals surface area contributed by atoms with Gasteiger partial charge in [0.25, 0.3) is 0 Å². The zero-order valence-corrected chi connectivity index (χ0v) is 6.01. The van der Waals surface area contributed by atoms with Crippen molar-refractivity contribution in [2.75, 3.05) is 0 Å².